The summed E-state index contributed by atoms with van der Waals surface area (Å²) in [4.78, 5) is 12.0. The first-order chi connectivity index (χ1) is 9.10. The zero-order chi connectivity index (χ0) is 13.8. The minimum absolute atomic E-state index is 0.0361. The van der Waals surface area contributed by atoms with Gasteiger partial charge in [0.2, 0.25) is 5.76 Å². The second-order valence-electron chi connectivity index (χ2n) is 4.32. The molecule has 2 rings (SSSR count). The van der Waals surface area contributed by atoms with Crippen LogP contribution in [0.4, 0.5) is 0 Å². The number of carbonyl (C=O) groups is 1. The maximum Gasteiger partial charge on any atom is 0.290 e. The Morgan fingerprint density at radius 3 is 2.63 bits per heavy atom. The van der Waals surface area contributed by atoms with Gasteiger partial charge in [-0.2, -0.15) is 0 Å². The Kier molecular flexibility index (Phi) is 4.37. The quantitative estimate of drug-likeness (QED) is 0.935. The smallest absolute Gasteiger partial charge is 0.290 e. The van der Waals surface area contributed by atoms with Crippen LogP contribution in [0.2, 0.25) is 0 Å². The summed E-state index contributed by atoms with van der Waals surface area (Å²) in [5, 5.41) is 6.66. The minimum atomic E-state index is -0.240. The van der Waals surface area contributed by atoms with Gasteiger partial charge >= 0.3 is 0 Å². The van der Waals surface area contributed by atoms with Gasteiger partial charge in [0.1, 0.15) is 0 Å². The van der Waals surface area contributed by atoms with Crippen molar-refractivity contribution in [2.24, 2.45) is 0 Å². The molecular weight excluding hydrogens is 308 g/mol. The second kappa shape index (κ2) is 6.02. The van der Waals surface area contributed by atoms with E-state index in [0.29, 0.717) is 5.69 Å². The summed E-state index contributed by atoms with van der Waals surface area (Å²) in [7, 11) is 0. The van der Waals surface area contributed by atoms with Crippen LogP contribution in [0, 0.1) is 6.92 Å². The number of nitrogens with zero attached hydrogens (tertiary/aromatic N) is 1. The Morgan fingerprint density at radius 2 is 2.11 bits per heavy atom. The molecule has 0 fully saturated rings. The van der Waals surface area contributed by atoms with E-state index in [0.717, 1.165) is 16.5 Å². The number of halogens is 1. The van der Waals surface area contributed by atoms with Gasteiger partial charge in [-0.05, 0) is 31.0 Å². The van der Waals surface area contributed by atoms with Crippen LogP contribution in [0.5, 0.6) is 0 Å². The highest BCUT2D eigenvalue weighted by atomic mass is 79.9. The van der Waals surface area contributed by atoms with Crippen molar-refractivity contribution in [2.45, 2.75) is 26.3 Å². The highest BCUT2D eigenvalue weighted by Gasteiger charge is 2.17. The third-order valence-electron chi connectivity index (χ3n) is 2.84. The molecule has 0 saturated heterocycles. The summed E-state index contributed by atoms with van der Waals surface area (Å²) in [6.45, 7) is 3.81. The van der Waals surface area contributed by atoms with Gasteiger partial charge in [0, 0.05) is 10.5 Å². The number of aryl methyl sites for hydroxylation is 1. The van der Waals surface area contributed by atoms with Crippen LogP contribution in [0.15, 0.2) is 39.3 Å². The van der Waals surface area contributed by atoms with Gasteiger partial charge in [-0.3, -0.25) is 4.79 Å². The van der Waals surface area contributed by atoms with Crippen molar-refractivity contribution in [1.29, 1.82) is 0 Å². The molecule has 0 spiro atoms. The Morgan fingerprint density at radius 1 is 1.42 bits per heavy atom. The Hall–Kier alpha value is -1.62. The largest absolute Gasteiger partial charge is 0.351 e. The fourth-order valence-corrected chi connectivity index (χ4v) is 2.08. The van der Waals surface area contributed by atoms with E-state index in [-0.39, 0.29) is 17.7 Å². The summed E-state index contributed by atoms with van der Waals surface area (Å²) in [6.07, 6.45) is 0.806. The summed E-state index contributed by atoms with van der Waals surface area (Å²) < 4.78 is 5.97. The van der Waals surface area contributed by atoms with Crippen LogP contribution in [-0.4, -0.2) is 11.1 Å². The number of carbonyl (C=O) groups excluding carboxylic acids is 1. The molecule has 0 bridgehead atoms. The van der Waals surface area contributed by atoms with E-state index < -0.39 is 0 Å². The van der Waals surface area contributed by atoms with Gasteiger partial charge in [-0.1, -0.05) is 40.1 Å². The molecule has 1 heterocycles. The van der Waals surface area contributed by atoms with Gasteiger partial charge in [-0.25, -0.2) is 0 Å². The first-order valence-electron chi connectivity index (χ1n) is 6.09. The number of nitrogens with one attached hydrogen (secondary N) is 1. The maximum atomic E-state index is 12.0. The normalized spacial score (nSPS) is 12.2. The summed E-state index contributed by atoms with van der Waals surface area (Å²) in [6, 6.07) is 9.50. The van der Waals surface area contributed by atoms with E-state index in [9.17, 15) is 4.79 Å². The zero-order valence-corrected chi connectivity index (χ0v) is 12.4. The first kappa shape index (κ1) is 13.8. The molecule has 19 heavy (non-hydrogen) atoms. The number of hydrogen-bond donors (Lipinski definition) is 1. The molecule has 4 nitrogen and oxygen atoms in total. The Bertz CT molecular complexity index is 563. The zero-order valence-electron chi connectivity index (χ0n) is 10.8. The molecule has 1 aromatic carbocycles. The molecule has 100 valence electrons. The molecule has 1 atom stereocenters. The highest BCUT2D eigenvalue weighted by Crippen LogP contribution is 2.20. The van der Waals surface area contributed by atoms with Crippen LogP contribution < -0.4 is 5.32 Å². The van der Waals surface area contributed by atoms with E-state index >= 15 is 0 Å². The van der Waals surface area contributed by atoms with Gasteiger partial charge < -0.3 is 9.84 Å². The lowest BCUT2D eigenvalue weighted by atomic mass is 10.0. The van der Waals surface area contributed by atoms with Crippen molar-refractivity contribution in [3.05, 3.63) is 51.8 Å². The second-order valence-corrected chi connectivity index (χ2v) is 5.23. The van der Waals surface area contributed by atoms with Crippen molar-refractivity contribution in [2.75, 3.05) is 0 Å². The number of amides is 1. The predicted molar refractivity (Wildman–Crippen MR) is 75.9 cm³/mol. The average Bonchev–Trinajstić information content (AvgIpc) is 2.84. The Labute approximate surface area is 120 Å². The fourth-order valence-electron chi connectivity index (χ4n) is 1.82. The lowest BCUT2D eigenvalue weighted by Gasteiger charge is -2.16. The van der Waals surface area contributed by atoms with Crippen LogP contribution in [-0.2, 0) is 0 Å². The first-order valence-corrected chi connectivity index (χ1v) is 6.89. The van der Waals surface area contributed by atoms with Crippen LogP contribution in [0.3, 0.4) is 0 Å². The summed E-state index contributed by atoms with van der Waals surface area (Å²) >= 11 is 3.40. The molecule has 1 aromatic heterocycles. The molecular formula is C14H15BrN2O2. The molecule has 0 saturated carbocycles. The lowest BCUT2D eigenvalue weighted by molar-refractivity contribution is 0.0898. The average molecular weight is 323 g/mol. The van der Waals surface area contributed by atoms with E-state index in [1.165, 1.54) is 0 Å². The summed E-state index contributed by atoms with van der Waals surface area (Å²) in [5.74, 6) is 0.00318. The lowest BCUT2D eigenvalue weighted by Crippen LogP contribution is -2.27. The molecule has 0 aliphatic heterocycles. The van der Waals surface area contributed by atoms with Crippen LogP contribution in [0.1, 0.15) is 41.2 Å². The number of hydrogen-bond acceptors (Lipinski definition) is 3. The van der Waals surface area contributed by atoms with Crippen LogP contribution in [0.25, 0.3) is 0 Å². The third kappa shape index (κ3) is 3.44. The topological polar surface area (TPSA) is 55.1 Å². The van der Waals surface area contributed by atoms with E-state index in [1.54, 1.807) is 13.0 Å². The van der Waals surface area contributed by atoms with Crippen molar-refractivity contribution < 1.29 is 9.32 Å². The van der Waals surface area contributed by atoms with Gasteiger partial charge in [0.05, 0.1) is 11.7 Å². The molecule has 0 radical (unpaired) electrons. The predicted octanol–water partition coefficient (Wildman–Crippen LogP) is 3.63. The summed E-state index contributed by atoms with van der Waals surface area (Å²) in [5.41, 5.74) is 1.76. The highest BCUT2D eigenvalue weighted by molar-refractivity contribution is 9.10. The van der Waals surface area contributed by atoms with Crippen molar-refractivity contribution >= 4 is 21.8 Å². The standard InChI is InChI=1S/C14H15BrN2O2/c1-3-12(10-4-6-11(15)7-5-10)16-14(18)13-8-9(2)17-19-13/h4-8,12H,3H2,1-2H3,(H,16,18)/t12-/m1/s1. The van der Waals surface area contributed by atoms with Gasteiger partial charge in [-0.15, -0.1) is 0 Å². The maximum absolute atomic E-state index is 12.0. The van der Waals surface area contributed by atoms with Crippen molar-refractivity contribution in [1.82, 2.24) is 10.5 Å². The SMILES string of the molecule is CC[C@@H](NC(=O)c1cc(C)no1)c1ccc(Br)cc1. The molecule has 0 aliphatic rings. The van der Waals surface area contributed by atoms with E-state index in [1.807, 2.05) is 31.2 Å². The van der Waals surface area contributed by atoms with Gasteiger partial charge in [0.25, 0.3) is 5.91 Å². The Balaban J connectivity index is 2.11. The molecule has 1 N–H and O–H groups in total. The van der Waals surface area contributed by atoms with Crippen LogP contribution >= 0.6 is 15.9 Å². The molecule has 0 unspecified atom stereocenters. The number of benzene rings is 1. The van der Waals surface area contributed by atoms with Crippen molar-refractivity contribution in [3.63, 3.8) is 0 Å². The van der Waals surface area contributed by atoms with E-state index in [4.69, 9.17) is 4.52 Å². The van der Waals surface area contributed by atoms with Crippen molar-refractivity contribution in [3.8, 4) is 0 Å². The van der Waals surface area contributed by atoms with Gasteiger partial charge in [0.15, 0.2) is 0 Å². The minimum Gasteiger partial charge on any atom is -0.351 e. The molecule has 1 amide bonds. The third-order valence-corrected chi connectivity index (χ3v) is 3.37. The molecule has 2 aromatic rings. The fraction of sp³-hybridized carbons (Fsp3) is 0.286. The molecule has 5 heteroatoms. The molecule has 0 aliphatic carbocycles. The monoisotopic (exact) mass is 322 g/mol. The number of aromatic nitrogens is 1. The van der Waals surface area contributed by atoms with E-state index in [2.05, 4.69) is 26.4 Å². The number of rotatable bonds is 4.